The summed E-state index contributed by atoms with van der Waals surface area (Å²) in [5.74, 6) is 0.527. The molecule has 1 N–H and O–H groups in total. The van der Waals surface area contributed by atoms with Gasteiger partial charge >= 0.3 is 5.97 Å². The number of nitrogens with zero attached hydrogens (tertiary/aromatic N) is 1. The van der Waals surface area contributed by atoms with Gasteiger partial charge in [0.15, 0.2) is 0 Å². The number of aliphatic carboxylic acids is 1. The van der Waals surface area contributed by atoms with Crippen LogP contribution in [0.15, 0.2) is 0 Å². The van der Waals surface area contributed by atoms with E-state index in [2.05, 4.69) is 30.6 Å². The van der Waals surface area contributed by atoms with Crippen LogP contribution in [-0.4, -0.2) is 46.6 Å². The molecular formula is C12H23NO2S. The van der Waals surface area contributed by atoms with E-state index < -0.39 is 5.97 Å². The fourth-order valence-electron chi connectivity index (χ4n) is 2.37. The summed E-state index contributed by atoms with van der Waals surface area (Å²) in [6, 6.07) is 0.679. The van der Waals surface area contributed by atoms with Gasteiger partial charge in [-0.1, -0.05) is 6.92 Å². The minimum atomic E-state index is -0.681. The van der Waals surface area contributed by atoms with Crippen molar-refractivity contribution in [1.29, 1.82) is 0 Å². The molecule has 0 aromatic heterocycles. The van der Waals surface area contributed by atoms with E-state index in [0.717, 1.165) is 18.2 Å². The molecule has 1 aliphatic carbocycles. The normalized spacial score (nSPS) is 25.2. The molecule has 0 aromatic carbocycles. The van der Waals surface area contributed by atoms with Crippen molar-refractivity contribution >= 4 is 17.7 Å². The Labute approximate surface area is 103 Å². The molecule has 0 unspecified atom stereocenters. The smallest absolute Gasteiger partial charge is 0.303 e. The Bertz CT molecular complexity index is 223. The summed E-state index contributed by atoms with van der Waals surface area (Å²) in [5.41, 5.74) is 0. The molecule has 4 heteroatoms. The topological polar surface area (TPSA) is 40.5 Å². The molecule has 1 aliphatic rings. The second kappa shape index (κ2) is 7.17. The second-order valence-electron chi connectivity index (χ2n) is 4.52. The molecule has 2 atom stereocenters. The summed E-state index contributed by atoms with van der Waals surface area (Å²) in [6.45, 7) is 3.13. The van der Waals surface area contributed by atoms with Gasteiger partial charge in [-0.25, -0.2) is 0 Å². The van der Waals surface area contributed by atoms with Crippen LogP contribution in [-0.2, 0) is 4.79 Å². The molecule has 0 heterocycles. The molecular weight excluding hydrogens is 222 g/mol. The Balaban J connectivity index is 2.17. The van der Waals surface area contributed by atoms with Gasteiger partial charge in [-0.2, -0.15) is 11.8 Å². The largest absolute Gasteiger partial charge is 0.481 e. The van der Waals surface area contributed by atoms with Gasteiger partial charge in [-0.3, -0.25) is 4.79 Å². The number of hydrogen-bond donors (Lipinski definition) is 1. The monoisotopic (exact) mass is 245 g/mol. The number of carboxylic acids is 1. The lowest BCUT2D eigenvalue weighted by atomic mass is 10.2. The van der Waals surface area contributed by atoms with E-state index >= 15 is 0 Å². The lowest BCUT2D eigenvalue weighted by Crippen LogP contribution is -2.30. The molecule has 1 fully saturated rings. The zero-order chi connectivity index (χ0) is 12.0. The molecule has 0 saturated heterocycles. The van der Waals surface area contributed by atoms with Gasteiger partial charge in [0, 0.05) is 17.7 Å². The molecule has 0 spiro atoms. The number of rotatable bonds is 7. The van der Waals surface area contributed by atoms with Gasteiger partial charge < -0.3 is 10.0 Å². The van der Waals surface area contributed by atoms with Gasteiger partial charge in [-0.15, -0.1) is 0 Å². The lowest BCUT2D eigenvalue weighted by Gasteiger charge is -2.24. The van der Waals surface area contributed by atoms with Crippen LogP contribution in [0, 0.1) is 0 Å². The zero-order valence-electron chi connectivity index (χ0n) is 10.3. The Kier molecular flexibility index (Phi) is 6.21. The zero-order valence-corrected chi connectivity index (χ0v) is 11.1. The van der Waals surface area contributed by atoms with Crippen LogP contribution in [0.5, 0.6) is 0 Å². The average Bonchev–Trinajstić information content (AvgIpc) is 2.66. The van der Waals surface area contributed by atoms with E-state index in [0.29, 0.717) is 12.5 Å². The van der Waals surface area contributed by atoms with Gasteiger partial charge in [0.1, 0.15) is 0 Å². The summed E-state index contributed by atoms with van der Waals surface area (Å²) < 4.78 is 0. The highest BCUT2D eigenvalue weighted by molar-refractivity contribution is 7.99. The van der Waals surface area contributed by atoms with Crippen LogP contribution in [0.25, 0.3) is 0 Å². The van der Waals surface area contributed by atoms with Crippen LogP contribution >= 0.6 is 11.8 Å². The van der Waals surface area contributed by atoms with Crippen molar-refractivity contribution in [2.45, 2.75) is 50.3 Å². The van der Waals surface area contributed by atoms with Gasteiger partial charge in [-0.05, 0) is 45.0 Å². The highest BCUT2D eigenvalue weighted by Crippen LogP contribution is 2.32. The van der Waals surface area contributed by atoms with Gasteiger partial charge in [0.05, 0.1) is 0 Å². The third kappa shape index (κ3) is 4.74. The Morgan fingerprint density at radius 1 is 1.50 bits per heavy atom. The predicted octanol–water partition coefficient (Wildman–Crippen LogP) is 2.46. The molecule has 0 aliphatic heterocycles. The van der Waals surface area contributed by atoms with Crippen molar-refractivity contribution in [3.8, 4) is 0 Å². The molecule has 16 heavy (non-hydrogen) atoms. The van der Waals surface area contributed by atoms with Gasteiger partial charge in [0.2, 0.25) is 0 Å². The Morgan fingerprint density at radius 2 is 2.25 bits per heavy atom. The standard InChI is InChI=1S/C12H23NO2S/c1-3-16-11-7-6-10(9-11)13(2)8-4-5-12(14)15/h10-11H,3-9H2,1-2H3,(H,14,15)/t10-,11+/m0/s1. The molecule has 3 nitrogen and oxygen atoms in total. The van der Waals surface area contributed by atoms with E-state index in [1.165, 1.54) is 25.0 Å². The van der Waals surface area contributed by atoms with Crippen LogP contribution in [0.3, 0.4) is 0 Å². The second-order valence-corrected chi connectivity index (χ2v) is 6.10. The summed E-state index contributed by atoms with van der Waals surface area (Å²) >= 11 is 2.07. The van der Waals surface area contributed by atoms with Crippen molar-refractivity contribution in [1.82, 2.24) is 4.90 Å². The molecule has 1 rings (SSSR count). The maximum absolute atomic E-state index is 10.4. The fourth-order valence-corrected chi connectivity index (χ4v) is 3.50. The Hall–Kier alpha value is -0.220. The quantitative estimate of drug-likeness (QED) is 0.748. The highest BCUT2D eigenvalue weighted by atomic mass is 32.2. The summed E-state index contributed by atoms with van der Waals surface area (Å²) in [4.78, 5) is 12.8. The van der Waals surface area contributed by atoms with Crippen molar-refractivity contribution in [2.75, 3.05) is 19.3 Å². The first-order valence-electron chi connectivity index (χ1n) is 6.17. The minimum Gasteiger partial charge on any atom is -0.481 e. The third-order valence-corrected chi connectivity index (χ3v) is 4.52. The molecule has 94 valence electrons. The van der Waals surface area contributed by atoms with E-state index in [1.807, 2.05) is 0 Å². The first kappa shape index (κ1) is 13.8. The lowest BCUT2D eigenvalue weighted by molar-refractivity contribution is -0.137. The maximum atomic E-state index is 10.4. The molecule has 0 bridgehead atoms. The molecule has 0 radical (unpaired) electrons. The van der Waals surface area contributed by atoms with E-state index in [9.17, 15) is 4.79 Å². The minimum absolute atomic E-state index is 0.296. The molecule has 0 aromatic rings. The number of hydrogen-bond acceptors (Lipinski definition) is 3. The van der Waals surface area contributed by atoms with Gasteiger partial charge in [0.25, 0.3) is 0 Å². The SMILES string of the molecule is CCS[C@@H]1CC[C@H](N(C)CCCC(=O)O)C1. The summed E-state index contributed by atoms with van der Waals surface area (Å²) in [6.07, 6.45) is 4.95. The van der Waals surface area contributed by atoms with E-state index in [-0.39, 0.29) is 0 Å². The summed E-state index contributed by atoms with van der Waals surface area (Å²) in [7, 11) is 2.13. The van der Waals surface area contributed by atoms with Crippen molar-refractivity contribution < 1.29 is 9.90 Å². The van der Waals surface area contributed by atoms with Crippen LogP contribution in [0.4, 0.5) is 0 Å². The highest BCUT2D eigenvalue weighted by Gasteiger charge is 2.26. The third-order valence-electron chi connectivity index (χ3n) is 3.28. The molecule has 1 saturated carbocycles. The van der Waals surface area contributed by atoms with Crippen LogP contribution in [0.1, 0.15) is 39.0 Å². The molecule has 0 amide bonds. The predicted molar refractivity (Wildman–Crippen MR) is 69.1 cm³/mol. The number of thioether (sulfide) groups is 1. The average molecular weight is 245 g/mol. The van der Waals surface area contributed by atoms with Crippen LogP contribution < -0.4 is 0 Å². The maximum Gasteiger partial charge on any atom is 0.303 e. The van der Waals surface area contributed by atoms with Crippen LogP contribution in [0.2, 0.25) is 0 Å². The Morgan fingerprint density at radius 3 is 2.88 bits per heavy atom. The van der Waals surface area contributed by atoms with Crippen molar-refractivity contribution in [2.24, 2.45) is 0 Å². The fraction of sp³-hybridized carbons (Fsp3) is 0.917. The number of carboxylic acid groups (broad SMARTS) is 1. The van der Waals surface area contributed by atoms with Crippen molar-refractivity contribution in [3.63, 3.8) is 0 Å². The first-order valence-corrected chi connectivity index (χ1v) is 7.22. The van der Waals surface area contributed by atoms with Crippen molar-refractivity contribution in [3.05, 3.63) is 0 Å². The van der Waals surface area contributed by atoms with E-state index in [1.54, 1.807) is 0 Å². The number of carbonyl (C=O) groups is 1. The van der Waals surface area contributed by atoms with E-state index in [4.69, 9.17) is 5.11 Å². The first-order chi connectivity index (χ1) is 7.63. The summed E-state index contributed by atoms with van der Waals surface area (Å²) in [5, 5.41) is 9.41.